The lowest BCUT2D eigenvalue weighted by atomic mass is 9.96. The van der Waals surface area contributed by atoms with Crippen molar-refractivity contribution in [2.75, 3.05) is 32.1 Å². The summed E-state index contributed by atoms with van der Waals surface area (Å²) in [6.07, 6.45) is 3.16. The van der Waals surface area contributed by atoms with Crippen LogP contribution < -0.4 is 10.2 Å². The summed E-state index contributed by atoms with van der Waals surface area (Å²) < 4.78 is 0. The monoisotopic (exact) mass is 363 g/mol. The second-order valence-corrected chi connectivity index (χ2v) is 8.01. The van der Waals surface area contributed by atoms with Gasteiger partial charge in [0.05, 0.1) is 6.04 Å². The first-order valence-corrected chi connectivity index (χ1v) is 9.97. The number of rotatable bonds is 6. The molecule has 1 N–H and O–H groups in total. The van der Waals surface area contributed by atoms with Crippen molar-refractivity contribution in [2.24, 2.45) is 5.92 Å². The van der Waals surface area contributed by atoms with Crippen LogP contribution in [0.5, 0.6) is 0 Å². The molecule has 1 amide bonds. The third-order valence-electron chi connectivity index (χ3n) is 5.81. The number of amides is 1. The standard InChI is InChI=1S/C23H29N3O/c1-25(2)21-11-9-18(10-12-21)22(15-24-23(27)19-7-8-19)26-14-13-17-5-3-4-6-20(17)16-26/h3-6,9-12,19,22H,7-8,13-16H2,1-2H3,(H,24,27). The van der Waals surface area contributed by atoms with Gasteiger partial charge in [-0.25, -0.2) is 0 Å². The van der Waals surface area contributed by atoms with Gasteiger partial charge in [0.2, 0.25) is 5.91 Å². The quantitative estimate of drug-likeness (QED) is 0.855. The number of benzene rings is 2. The van der Waals surface area contributed by atoms with Crippen molar-refractivity contribution in [2.45, 2.75) is 31.8 Å². The fraction of sp³-hybridized carbons (Fsp3) is 0.435. The Balaban J connectivity index is 1.54. The molecule has 4 nitrogen and oxygen atoms in total. The number of nitrogens with zero attached hydrogens (tertiary/aromatic N) is 2. The zero-order chi connectivity index (χ0) is 18.8. The zero-order valence-corrected chi connectivity index (χ0v) is 16.3. The molecule has 2 aromatic carbocycles. The Labute approximate surface area is 162 Å². The van der Waals surface area contributed by atoms with Crippen molar-refractivity contribution in [3.63, 3.8) is 0 Å². The van der Waals surface area contributed by atoms with E-state index in [-0.39, 0.29) is 17.9 Å². The third-order valence-corrected chi connectivity index (χ3v) is 5.81. The highest BCUT2D eigenvalue weighted by atomic mass is 16.2. The molecule has 1 atom stereocenters. The second-order valence-electron chi connectivity index (χ2n) is 8.01. The highest BCUT2D eigenvalue weighted by Crippen LogP contribution is 2.31. The maximum absolute atomic E-state index is 12.2. The fourth-order valence-corrected chi connectivity index (χ4v) is 3.92. The molecule has 0 spiro atoms. The Morgan fingerprint density at radius 1 is 1.11 bits per heavy atom. The minimum Gasteiger partial charge on any atom is -0.378 e. The van der Waals surface area contributed by atoms with Gasteiger partial charge in [0.1, 0.15) is 0 Å². The van der Waals surface area contributed by atoms with Crippen LogP contribution in [0.4, 0.5) is 5.69 Å². The third kappa shape index (κ3) is 4.16. The molecule has 0 aromatic heterocycles. The van der Waals surface area contributed by atoms with Crippen molar-refractivity contribution in [1.82, 2.24) is 10.2 Å². The van der Waals surface area contributed by atoms with E-state index in [1.165, 1.54) is 22.4 Å². The average Bonchev–Trinajstić information content (AvgIpc) is 3.53. The Morgan fingerprint density at radius 3 is 2.48 bits per heavy atom. The van der Waals surface area contributed by atoms with Gasteiger partial charge in [-0.3, -0.25) is 9.69 Å². The van der Waals surface area contributed by atoms with Crippen LogP contribution in [0.15, 0.2) is 48.5 Å². The fourth-order valence-electron chi connectivity index (χ4n) is 3.92. The molecule has 2 aliphatic rings. The van der Waals surface area contributed by atoms with Gasteiger partial charge in [-0.05, 0) is 48.1 Å². The summed E-state index contributed by atoms with van der Waals surface area (Å²) in [5, 5.41) is 3.21. The van der Waals surface area contributed by atoms with Gasteiger partial charge in [0.15, 0.2) is 0 Å². The summed E-state index contributed by atoms with van der Waals surface area (Å²) in [4.78, 5) is 16.9. The van der Waals surface area contributed by atoms with Crippen molar-refractivity contribution in [3.05, 3.63) is 65.2 Å². The minimum atomic E-state index is 0.206. The summed E-state index contributed by atoms with van der Waals surface area (Å²) in [7, 11) is 4.12. The van der Waals surface area contributed by atoms with E-state index in [4.69, 9.17) is 0 Å². The lowest BCUT2D eigenvalue weighted by molar-refractivity contribution is -0.122. The smallest absolute Gasteiger partial charge is 0.223 e. The SMILES string of the molecule is CN(C)c1ccc(C(CNC(=O)C2CC2)N2CCc3ccccc3C2)cc1. The number of anilines is 1. The van der Waals surface area contributed by atoms with Gasteiger partial charge in [-0.2, -0.15) is 0 Å². The van der Waals surface area contributed by atoms with Crippen LogP contribution in [0.3, 0.4) is 0 Å². The van der Waals surface area contributed by atoms with Crippen LogP contribution in [-0.4, -0.2) is 38.0 Å². The maximum atomic E-state index is 12.2. The number of carbonyl (C=O) groups is 1. The first-order valence-electron chi connectivity index (χ1n) is 9.97. The van der Waals surface area contributed by atoms with Crippen LogP contribution in [0.25, 0.3) is 0 Å². The molecule has 0 bridgehead atoms. The Bertz CT molecular complexity index is 796. The molecule has 1 fully saturated rings. The topological polar surface area (TPSA) is 35.6 Å². The van der Waals surface area contributed by atoms with Gasteiger partial charge < -0.3 is 10.2 Å². The zero-order valence-electron chi connectivity index (χ0n) is 16.3. The molecule has 27 heavy (non-hydrogen) atoms. The Hall–Kier alpha value is -2.33. The highest BCUT2D eigenvalue weighted by Gasteiger charge is 2.31. The first-order chi connectivity index (χ1) is 13.1. The molecule has 4 rings (SSSR count). The number of nitrogens with one attached hydrogen (secondary N) is 1. The lowest BCUT2D eigenvalue weighted by Crippen LogP contribution is -2.41. The molecule has 1 aliphatic carbocycles. The van der Waals surface area contributed by atoms with E-state index in [2.05, 4.69) is 77.7 Å². The normalized spacial score (nSPS) is 17.9. The summed E-state index contributed by atoms with van der Waals surface area (Å²) in [5.74, 6) is 0.478. The molecule has 4 heteroatoms. The molecule has 142 valence electrons. The summed E-state index contributed by atoms with van der Waals surface area (Å²) in [6.45, 7) is 2.64. The van der Waals surface area contributed by atoms with E-state index in [1.54, 1.807) is 0 Å². The van der Waals surface area contributed by atoms with Crippen molar-refractivity contribution in [1.29, 1.82) is 0 Å². The van der Waals surface area contributed by atoms with E-state index in [0.717, 1.165) is 32.4 Å². The van der Waals surface area contributed by atoms with Crippen LogP contribution in [-0.2, 0) is 17.8 Å². The lowest BCUT2D eigenvalue weighted by Gasteiger charge is -2.36. The summed E-state index contributed by atoms with van der Waals surface area (Å²) in [6, 6.07) is 17.7. The maximum Gasteiger partial charge on any atom is 0.223 e. The van der Waals surface area contributed by atoms with Crippen LogP contribution in [0.2, 0.25) is 0 Å². The summed E-state index contributed by atoms with van der Waals surface area (Å²) in [5.41, 5.74) is 5.34. The van der Waals surface area contributed by atoms with Gasteiger partial charge in [-0.1, -0.05) is 36.4 Å². The first kappa shape index (κ1) is 18.1. The number of fused-ring (bicyclic) bond motifs is 1. The molecule has 0 radical (unpaired) electrons. The van der Waals surface area contributed by atoms with Crippen LogP contribution in [0.1, 0.15) is 35.6 Å². The Morgan fingerprint density at radius 2 is 1.81 bits per heavy atom. The van der Waals surface area contributed by atoms with Gasteiger partial charge >= 0.3 is 0 Å². The van der Waals surface area contributed by atoms with Gasteiger partial charge in [0.25, 0.3) is 0 Å². The average molecular weight is 364 g/mol. The molecule has 1 aliphatic heterocycles. The van der Waals surface area contributed by atoms with E-state index >= 15 is 0 Å². The number of hydrogen-bond donors (Lipinski definition) is 1. The predicted octanol–water partition coefficient (Wildman–Crippen LogP) is 3.38. The largest absolute Gasteiger partial charge is 0.378 e. The molecule has 2 aromatic rings. The van der Waals surface area contributed by atoms with Gasteiger partial charge in [0, 0.05) is 45.3 Å². The highest BCUT2D eigenvalue weighted by molar-refractivity contribution is 5.80. The molecular weight excluding hydrogens is 334 g/mol. The van der Waals surface area contributed by atoms with E-state index in [0.29, 0.717) is 6.54 Å². The molecule has 1 heterocycles. The minimum absolute atomic E-state index is 0.206. The summed E-state index contributed by atoms with van der Waals surface area (Å²) >= 11 is 0. The van der Waals surface area contributed by atoms with Crippen molar-refractivity contribution >= 4 is 11.6 Å². The van der Waals surface area contributed by atoms with E-state index < -0.39 is 0 Å². The Kier molecular flexibility index (Phi) is 5.17. The molecular formula is C23H29N3O. The van der Waals surface area contributed by atoms with Crippen LogP contribution >= 0.6 is 0 Å². The van der Waals surface area contributed by atoms with Crippen LogP contribution in [0, 0.1) is 5.92 Å². The van der Waals surface area contributed by atoms with E-state index in [9.17, 15) is 4.79 Å². The van der Waals surface area contributed by atoms with Gasteiger partial charge in [-0.15, -0.1) is 0 Å². The van der Waals surface area contributed by atoms with Crippen molar-refractivity contribution in [3.8, 4) is 0 Å². The van der Waals surface area contributed by atoms with E-state index in [1.807, 2.05) is 0 Å². The number of carbonyl (C=O) groups excluding carboxylic acids is 1. The second kappa shape index (κ2) is 7.73. The van der Waals surface area contributed by atoms with Crippen molar-refractivity contribution < 1.29 is 4.79 Å². The number of hydrogen-bond acceptors (Lipinski definition) is 3. The molecule has 1 saturated carbocycles. The molecule has 1 unspecified atom stereocenters. The predicted molar refractivity (Wildman–Crippen MR) is 110 cm³/mol. The molecule has 0 saturated heterocycles.